The Morgan fingerprint density at radius 3 is 2.41 bits per heavy atom. The van der Waals surface area contributed by atoms with Gasteiger partial charge in [0.15, 0.2) is 29.6 Å². The standard InChI is InChI=1S/C24H20BrClN2O6/c1-31-21-11-15(7-9-20(21)34-24(30)17-5-3-4-6-18(17)26)13-27-28-23(29)14-33-19-10-8-16(25)12-22(19)32-2/h3-13H,14H2,1-2H3,(H,28,29). The number of hydrogen-bond donors (Lipinski definition) is 1. The molecule has 3 aromatic carbocycles. The number of methoxy groups -OCH3 is 2. The van der Waals surface area contributed by atoms with Crippen molar-refractivity contribution in [1.82, 2.24) is 5.43 Å². The first kappa shape index (κ1) is 25.1. The molecule has 0 aliphatic carbocycles. The molecule has 8 nitrogen and oxygen atoms in total. The predicted octanol–water partition coefficient (Wildman–Crippen LogP) is 4.87. The van der Waals surface area contributed by atoms with Crippen LogP contribution >= 0.6 is 27.5 Å². The maximum absolute atomic E-state index is 12.4. The van der Waals surface area contributed by atoms with Gasteiger partial charge in [-0.2, -0.15) is 5.10 Å². The molecule has 0 aromatic heterocycles. The van der Waals surface area contributed by atoms with Crippen molar-refractivity contribution in [1.29, 1.82) is 0 Å². The Hall–Kier alpha value is -3.56. The Kier molecular flexibility index (Phi) is 8.89. The Labute approximate surface area is 209 Å². The lowest BCUT2D eigenvalue weighted by atomic mass is 10.2. The fourth-order valence-corrected chi connectivity index (χ4v) is 3.30. The van der Waals surface area contributed by atoms with E-state index in [0.717, 1.165) is 4.47 Å². The minimum absolute atomic E-state index is 0.213. The van der Waals surface area contributed by atoms with E-state index in [4.69, 9.17) is 30.5 Å². The average Bonchev–Trinajstić information content (AvgIpc) is 2.84. The molecule has 0 atom stereocenters. The molecule has 3 rings (SSSR count). The number of nitrogens with one attached hydrogen (secondary N) is 1. The van der Waals surface area contributed by atoms with Gasteiger partial charge in [-0.3, -0.25) is 4.79 Å². The number of hydrogen-bond acceptors (Lipinski definition) is 7. The smallest absolute Gasteiger partial charge is 0.345 e. The number of carbonyl (C=O) groups is 2. The summed E-state index contributed by atoms with van der Waals surface area (Å²) in [7, 11) is 2.95. The van der Waals surface area contributed by atoms with Crippen molar-refractivity contribution in [3.05, 3.63) is 81.3 Å². The zero-order chi connectivity index (χ0) is 24.5. The van der Waals surface area contributed by atoms with Crippen LogP contribution in [0.1, 0.15) is 15.9 Å². The van der Waals surface area contributed by atoms with Crippen LogP contribution in [0.2, 0.25) is 5.02 Å². The van der Waals surface area contributed by atoms with Crippen LogP contribution in [0.15, 0.2) is 70.2 Å². The molecule has 0 spiro atoms. The van der Waals surface area contributed by atoms with Gasteiger partial charge < -0.3 is 18.9 Å². The van der Waals surface area contributed by atoms with Crippen molar-refractivity contribution in [2.45, 2.75) is 0 Å². The zero-order valence-electron chi connectivity index (χ0n) is 18.2. The van der Waals surface area contributed by atoms with Gasteiger partial charge in [-0.15, -0.1) is 0 Å². The summed E-state index contributed by atoms with van der Waals surface area (Å²) in [5, 5.41) is 4.20. The summed E-state index contributed by atoms with van der Waals surface area (Å²) in [6.07, 6.45) is 1.42. The third-order valence-corrected chi connectivity index (χ3v) is 5.19. The van der Waals surface area contributed by atoms with Gasteiger partial charge in [0.2, 0.25) is 0 Å². The van der Waals surface area contributed by atoms with Crippen molar-refractivity contribution < 1.29 is 28.5 Å². The van der Waals surface area contributed by atoms with E-state index in [2.05, 4.69) is 26.5 Å². The molecule has 176 valence electrons. The van der Waals surface area contributed by atoms with Gasteiger partial charge in [0, 0.05) is 4.47 Å². The van der Waals surface area contributed by atoms with Crippen LogP contribution in [0.5, 0.6) is 23.0 Å². The fraction of sp³-hybridized carbons (Fsp3) is 0.125. The molecule has 0 saturated heterocycles. The third-order valence-electron chi connectivity index (χ3n) is 4.37. The number of halogens is 2. The lowest BCUT2D eigenvalue weighted by Crippen LogP contribution is -2.24. The van der Waals surface area contributed by atoms with Gasteiger partial charge in [0.05, 0.1) is 31.0 Å². The van der Waals surface area contributed by atoms with E-state index in [1.54, 1.807) is 60.7 Å². The second kappa shape index (κ2) is 12.1. The number of carbonyl (C=O) groups excluding carboxylic acids is 2. The molecular weight excluding hydrogens is 528 g/mol. The lowest BCUT2D eigenvalue weighted by molar-refractivity contribution is -0.123. The quantitative estimate of drug-likeness (QED) is 0.178. The van der Waals surface area contributed by atoms with Gasteiger partial charge in [-0.25, -0.2) is 10.2 Å². The highest BCUT2D eigenvalue weighted by Gasteiger charge is 2.15. The first-order valence-electron chi connectivity index (χ1n) is 9.84. The van der Waals surface area contributed by atoms with Gasteiger partial charge in [-0.1, -0.05) is 39.7 Å². The molecule has 0 radical (unpaired) electrons. The normalized spacial score (nSPS) is 10.6. The molecule has 0 heterocycles. The maximum atomic E-state index is 12.4. The van der Waals surface area contributed by atoms with E-state index >= 15 is 0 Å². The van der Waals surface area contributed by atoms with Gasteiger partial charge >= 0.3 is 5.97 Å². The molecule has 10 heteroatoms. The van der Waals surface area contributed by atoms with Crippen LogP contribution in [0.25, 0.3) is 0 Å². The van der Waals surface area contributed by atoms with Crippen molar-refractivity contribution >= 4 is 45.6 Å². The van der Waals surface area contributed by atoms with Crippen LogP contribution in [-0.2, 0) is 4.79 Å². The van der Waals surface area contributed by atoms with Gasteiger partial charge in [-0.05, 0) is 54.1 Å². The van der Waals surface area contributed by atoms with Crippen LogP contribution in [0.4, 0.5) is 0 Å². The number of nitrogens with zero attached hydrogens (tertiary/aromatic N) is 1. The van der Waals surface area contributed by atoms with Crippen LogP contribution < -0.4 is 24.4 Å². The summed E-state index contributed by atoms with van der Waals surface area (Å²) in [6.45, 7) is -0.254. The molecule has 0 fully saturated rings. The Morgan fingerprint density at radius 1 is 0.971 bits per heavy atom. The summed E-state index contributed by atoms with van der Waals surface area (Å²) in [6, 6.07) is 16.6. The first-order valence-corrected chi connectivity index (χ1v) is 11.0. The number of rotatable bonds is 9. The molecule has 3 aromatic rings. The topological polar surface area (TPSA) is 95.5 Å². The molecule has 0 aliphatic heterocycles. The molecule has 0 saturated carbocycles. The monoisotopic (exact) mass is 546 g/mol. The maximum Gasteiger partial charge on any atom is 0.345 e. The second-order valence-electron chi connectivity index (χ2n) is 6.66. The molecule has 0 aliphatic rings. The first-order chi connectivity index (χ1) is 16.4. The highest BCUT2D eigenvalue weighted by Crippen LogP contribution is 2.30. The van der Waals surface area contributed by atoms with E-state index in [0.29, 0.717) is 22.8 Å². The molecule has 0 bridgehead atoms. The molecular formula is C24H20BrClN2O6. The van der Waals surface area contributed by atoms with Gasteiger partial charge in [0.25, 0.3) is 5.91 Å². The van der Waals surface area contributed by atoms with E-state index < -0.39 is 11.9 Å². The summed E-state index contributed by atoms with van der Waals surface area (Å²) < 4.78 is 22.2. The number of amides is 1. The highest BCUT2D eigenvalue weighted by molar-refractivity contribution is 9.10. The summed E-state index contributed by atoms with van der Waals surface area (Å²) in [4.78, 5) is 24.4. The zero-order valence-corrected chi connectivity index (χ0v) is 20.6. The molecule has 1 N–H and O–H groups in total. The Morgan fingerprint density at radius 2 is 1.68 bits per heavy atom. The number of hydrazone groups is 1. The van der Waals surface area contributed by atoms with E-state index in [1.807, 2.05) is 0 Å². The van der Waals surface area contributed by atoms with Crippen LogP contribution in [0.3, 0.4) is 0 Å². The van der Waals surface area contributed by atoms with Crippen molar-refractivity contribution in [2.24, 2.45) is 5.10 Å². The largest absolute Gasteiger partial charge is 0.493 e. The van der Waals surface area contributed by atoms with Crippen molar-refractivity contribution in [3.63, 3.8) is 0 Å². The Balaban J connectivity index is 1.58. The van der Waals surface area contributed by atoms with Crippen molar-refractivity contribution in [3.8, 4) is 23.0 Å². The minimum Gasteiger partial charge on any atom is -0.493 e. The third kappa shape index (κ3) is 6.72. The number of esters is 1. The molecule has 0 unspecified atom stereocenters. The van der Waals surface area contributed by atoms with Crippen molar-refractivity contribution in [2.75, 3.05) is 20.8 Å². The van der Waals surface area contributed by atoms with E-state index in [-0.39, 0.29) is 22.9 Å². The van der Waals surface area contributed by atoms with Crippen LogP contribution in [0, 0.1) is 0 Å². The van der Waals surface area contributed by atoms with E-state index in [9.17, 15) is 9.59 Å². The SMILES string of the molecule is COc1cc(Br)ccc1OCC(=O)NN=Cc1ccc(OC(=O)c2ccccc2Cl)c(OC)c1. The predicted molar refractivity (Wildman–Crippen MR) is 131 cm³/mol. The fourth-order valence-electron chi connectivity index (χ4n) is 2.75. The second-order valence-corrected chi connectivity index (χ2v) is 7.98. The molecule has 1 amide bonds. The number of ether oxygens (including phenoxy) is 4. The van der Waals surface area contributed by atoms with E-state index in [1.165, 1.54) is 20.4 Å². The minimum atomic E-state index is -0.611. The molecule has 34 heavy (non-hydrogen) atoms. The number of benzene rings is 3. The van der Waals surface area contributed by atoms with Gasteiger partial charge in [0.1, 0.15) is 0 Å². The summed E-state index contributed by atoms with van der Waals surface area (Å²) >= 11 is 9.39. The summed E-state index contributed by atoms with van der Waals surface area (Å²) in [5.41, 5.74) is 3.22. The average molecular weight is 548 g/mol. The Bertz CT molecular complexity index is 1220. The highest BCUT2D eigenvalue weighted by atomic mass is 79.9. The van der Waals surface area contributed by atoms with Crippen LogP contribution in [-0.4, -0.2) is 38.9 Å². The lowest BCUT2D eigenvalue weighted by Gasteiger charge is -2.11. The summed E-state index contributed by atoms with van der Waals surface area (Å²) in [5.74, 6) is 0.370.